The molecule has 0 saturated heterocycles. The van der Waals surface area contributed by atoms with Gasteiger partial charge in [-0.3, -0.25) is 20.8 Å². The molecule has 0 heterocycles. The molecule has 0 aliphatic heterocycles. The molecule has 7 heteroatoms. The van der Waals surface area contributed by atoms with Crippen LogP contribution >= 0.6 is 11.6 Å². The van der Waals surface area contributed by atoms with Gasteiger partial charge < -0.3 is 0 Å². The summed E-state index contributed by atoms with van der Waals surface area (Å²) >= 11 is 5.56. The molecular weight excluding hydrogens is 210 g/mol. The average Bonchev–Trinajstić information content (AvgIpc) is 2.17. The highest BCUT2D eigenvalue weighted by atomic mass is 35.5. The second kappa shape index (κ2) is 3.91. The fourth-order valence-electron chi connectivity index (χ4n) is 0.888. The van der Waals surface area contributed by atoms with Crippen molar-refractivity contribution in [3.63, 3.8) is 0 Å². The highest BCUT2D eigenvalue weighted by molar-refractivity contribution is 6.35. The van der Waals surface area contributed by atoms with Gasteiger partial charge in [0.2, 0.25) is 0 Å². The van der Waals surface area contributed by atoms with Crippen LogP contribution in [-0.2, 0) is 0 Å². The molecule has 0 aromatic heterocycles. The molecule has 1 rings (SSSR count). The van der Waals surface area contributed by atoms with Crippen molar-refractivity contribution < 1.29 is 10.1 Å². The lowest BCUT2D eigenvalue weighted by atomic mass is 10.2. The van der Waals surface area contributed by atoms with Crippen molar-refractivity contribution in [1.29, 1.82) is 5.26 Å². The smallest absolute Gasteiger partial charge is 0.291 e. The lowest BCUT2D eigenvalue weighted by molar-refractivity contribution is -0.384. The van der Waals surface area contributed by atoms with Crippen LogP contribution in [0.25, 0.3) is 0 Å². The van der Waals surface area contributed by atoms with Crippen LogP contribution in [0.3, 0.4) is 0 Å². The van der Waals surface area contributed by atoms with Gasteiger partial charge in [-0.2, -0.15) is 5.26 Å². The molecule has 0 atom stereocenters. The SMILES string of the molecule is N#Cc1cc(NO)c(Cl)c([N+](=O)[O-])c1. The van der Waals surface area contributed by atoms with E-state index in [4.69, 9.17) is 22.1 Å². The third-order valence-electron chi connectivity index (χ3n) is 1.50. The van der Waals surface area contributed by atoms with Crippen LogP contribution in [0.15, 0.2) is 12.1 Å². The number of rotatable bonds is 2. The van der Waals surface area contributed by atoms with E-state index in [0.717, 1.165) is 6.07 Å². The molecule has 1 aromatic carbocycles. The lowest BCUT2D eigenvalue weighted by Gasteiger charge is -2.02. The molecule has 0 saturated carbocycles. The van der Waals surface area contributed by atoms with E-state index < -0.39 is 10.6 Å². The Hall–Kier alpha value is -1.84. The lowest BCUT2D eigenvalue weighted by Crippen LogP contribution is -1.96. The fraction of sp³-hybridized carbons (Fsp3) is 0. The molecule has 1 aromatic rings. The van der Waals surface area contributed by atoms with Crippen LogP contribution in [0, 0.1) is 21.4 Å². The number of nitriles is 1. The van der Waals surface area contributed by atoms with Crippen LogP contribution < -0.4 is 5.48 Å². The van der Waals surface area contributed by atoms with Crippen LogP contribution in [0.1, 0.15) is 5.56 Å². The Morgan fingerprint density at radius 3 is 2.71 bits per heavy atom. The summed E-state index contributed by atoms with van der Waals surface area (Å²) in [6.07, 6.45) is 0. The molecule has 0 spiro atoms. The van der Waals surface area contributed by atoms with Gasteiger partial charge in [0.1, 0.15) is 5.02 Å². The Morgan fingerprint density at radius 1 is 1.64 bits per heavy atom. The number of anilines is 1. The van der Waals surface area contributed by atoms with Gasteiger partial charge in [-0.05, 0) is 6.07 Å². The van der Waals surface area contributed by atoms with Crippen molar-refractivity contribution in [2.45, 2.75) is 0 Å². The predicted octanol–water partition coefficient (Wildman–Crippen LogP) is 1.92. The van der Waals surface area contributed by atoms with Crippen LogP contribution in [0.5, 0.6) is 0 Å². The van der Waals surface area contributed by atoms with E-state index >= 15 is 0 Å². The van der Waals surface area contributed by atoms with Crippen LogP contribution in [-0.4, -0.2) is 10.1 Å². The monoisotopic (exact) mass is 213 g/mol. The standard InChI is InChI=1S/C7H4ClN3O3/c8-7-5(10-12)1-4(3-9)2-6(7)11(13)14/h1-2,10,12H. The number of hydrogen-bond donors (Lipinski definition) is 2. The third-order valence-corrected chi connectivity index (χ3v) is 1.90. The average molecular weight is 214 g/mol. The van der Waals surface area contributed by atoms with Gasteiger partial charge in [0, 0.05) is 6.07 Å². The minimum absolute atomic E-state index is 0.0395. The van der Waals surface area contributed by atoms with E-state index in [9.17, 15) is 10.1 Å². The fourth-order valence-corrected chi connectivity index (χ4v) is 1.11. The molecule has 0 unspecified atom stereocenters. The first-order valence-electron chi connectivity index (χ1n) is 3.38. The van der Waals surface area contributed by atoms with Gasteiger partial charge in [0.25, 0.3) is 5.69 Å². The molecule has 14 heavy (non-hydrogen) atoms. The second-order valence-corrected chi connectivity index (χ2v) is 2.72. The van der Waals surface area contributed by atoms with E-state index in [-0.39, 0.29) is 16.3 Å². The predicted molar refractivity (Wildman–Crippen MR) is 48.2 cm³/mol. The van der Waals surface area contributed by atoms with Gasteiger partial charge in [0.15, 0.2) is 0 Å². The zero-order valence-electron chi connectivity index (χ0n) is 6.69. The normalized spacial score (nSPS) is 9.21. The number of nitrogens with one attached hydrogen (secondary N) is 1. The third kappa shape index (κ3) is 1.74. The Kier molecular flexibility index (Phi) is 2.86. The van der Waals surface area contributed by atoms with E-state index in [0.29, 0.717) is 0 Å². The Morgan fingerprint density at radius 2 is 2.29 bits per heavy atom. The number of benzene rings is 1. The first-order valence-corrected chi connectivity index (χ1v) is 3.76. The van der Waals surface area contributed by atoms with Crippen molar-refractivity contribution in [2.24, 2.45) is 0 Å². The van der Waals surface area contributed by atoms with Gasteiger partial charge in [-0.1, -0.05) is 11.6 Å². The number of halogens is 1. The maximum absolute atomic E-state index is 10.5. The molecule has 0 aliphatic rings. The van der Waals surface area contributed by atoms with E-state index in [1.54, 1.807) is 11.5 Å². The Labute approximate surface area is 83.4 Å². The summed E-state index contributed by atoms with van der Waals surface area (Å²) in [6.45, 7) is 0. The maximum atomic E-state index is 10.5. The Bertz CT molecular complexity index is 427. The van der Waals surface area contributed by atoms with E-state index in [1.165, 1.54) is 6.07 Å². The molecule has 2 N–H and O–H groups in total. The summed E-state index contributed by atoms with van der Waals surface area (Å²) < 4.78 is 0. The number of nitrogens with zero attached hydrogens (tertiary/aromatic N) is 2. The maximum Gasteiger partial charge on any atom is 0.291 e. The summed E-state index contributed by atoms with van der Waals surface area (Å²) in [7, 11) is 0. The second-order valence-electron chi connectivity index (χ2n) is 2.34. The molecule has 72 valence electrons. The van der Waals surface area contributed by atoms with Crippen LogP contribution in [0.2, 0.25) is 5.02 Å². The summed E-state index contributed by atoms with van der Waals surface area (Å²) in [5, 5.41) is 27.3. The molecule has 0 bridgehead atoms. The molecular formula is C7H4ClN3O3. The van der Waals surface area contributed by atoms with Crippen molar-refractivity contribution >= 4 is 23.0 Å². The van der Waals surface area contributed by atoms with Crippen molar-refractivity contribution in [3.05, 3.63) is 32.8 Å². The quantitative estimate of drug-likeness (QED) is 0.578. The minimum Gasteiger partial charge on any atom is -0.291 e. The number of nitro benzene ring substituents is 1. The molecule has 6 nitrogen and oxygen atoms in total. The van der Waals surface area contributed by atoms with Gasteiger partial charge >= 0.3 is 0 Å². The van der Waals surface area contributed by atoms with Gasteiger partial charge in [-0.15, -0.1) is 0 Å². The van der Waals surface area contributed by atoms with Crippen molar-refractivity contribution in [1.82, 2.24) is 0 Å². The molecule has 0 fully saturated rings. The first-order chi connectivity index (χ1) is 6.60. The van der Waals surface area contributed by atoms with Gasteiger partial charge in [-0.25, -0.2) is 0 Å². The largest absolute Gasteiger partial charge is 0.291 e. The highest BCUT2D eigenvalue weighted by Gasteiger charge is 2.17. The van der Waals surface area contributed by atoms with E-state index in [1.807, 2.05) is 0 Å². The van der Waals surface area contributed by atoms with Crippen molar-refractivity contribution in [3.8, 4) is 6.07 Å². The molecule has 0 radical (unpaired) electrons. The number of nitro groups is 1. The zero-order chi connectivity index (χ0) is 10.7. The first kappa shape index (κ1) is 10.2. The summed E-state index contributed by atoms with van der Waals surface area (Å²) in [5.74, 6) is 0. The van der Waals surface area contributed by atoms with Gasteiger partial charge in [0.05, 0.1) is 22.2 Å². The highest BCUT2D eigenvalue weighted by Crippen LogP contribution is 2.32. The summed E-state index contributed by atoms with van der Waals surface area (Å²) in [5.41, 5.74) is 1.22. The summed E-state index contributed by atoms with van der Waals surface area (Å²) in [4.78, 5) is 9.73. The topological polar surface area (TPSA) is 99.2 Å². The van der Waals surface area contributed by atoms with Crippen molar-refractivity contribution in [2.75, 3.05) is 5.48 Å². The summed E-state index contributed by atoms with van der Waals surface area (Å²) in [6, 6.07) is 3.94. The Balaban J connectivity index is 3.44. The van der Waals surface area contributed by atoms with Crippen LogP contribution in [0.4, 0.5) is 11.4 Å². The zero-order valence-corrected chi connectivity index (χ0v) is 7.45. The molecule has 0 amide bonds. The molecule has 0 aliphatic carbocycles. The number of hydrogen-bond acceptors (Lipinski definition) is 5. The minimum atomic E-state index is -0.732. The van der Waals surface area contributed by atoms with E-state index in [2.05, 4.69) is 0 Å².